The molecule has 1 rings (SSSR count). The number of carbonyl (C=O) groups is 3. The molecule has 1 fully saturated rings. The zero-order valence-electron chi connectivity index (χ0n) is 8.78. The van der Waals surface area contributed by atoms with Gasteiger partial charge in [0.2, 0.25) is 11.8 Å². The van der Waals surface area contributed by atoms with Crippen LogP contribution in [0.1, 0.15) is 12.8 Å². The van der Waals surface area contributed by atoms with Crippen LogP contribution in [-0.4, -0.2) is 49.4 Å². The van der Waals surface area contributed by atoms with Crippen molar-refractivity contribution in [3.63, 3.8) is 0 Å². The maximum absolute atomic E-state index is 11.5. The van der Waals surface area contributed by atoms with Gasteiger partial charge in [-0.15, -0.1) is 0 Å². The third-order valence-corrected chi connectivity index (χ3v) is 2.26. The topological polar surface area (TPSA) is 75.7 Å². The van der Waals surface area contributed by atoms with E-state index in [2.05, 4.69) is 10.1 Å². The Bertz CT molecular complexity index is 290. The normalized spacial score (nSPS) is 21.7. The lowest BCUT2D eigenvalue weighted by Gasteiger charge is -2.28. The van der Waals surface area contributed by atoms with Gasteiger partial charge in [0.15, 0.2) is 0 Å². The minimum Gasteiger partial charge on any atom is -0.375 e. The summed E-state index contributed by atoms with van der Waals surface area (Å²) in [6.45, 7) is -0.0819. The summed E-state index contributed by atoms with van der Waals surface area (Å²) in [7, 11) is 2.82. The molecule has 1 aliphatic heterocycles. The predicted octanol–water partition coefficient (Wildman–Crippen LogP) is -1.10. The summed E-state index contributed by atoms with van der Waals surface area (Å²) in [5.41, 5.74) is 0. The highest BCUT2D eigenvalue weighted by atomic mass is 16.5. The Labute approximate surface area is 87.6 Å². The fraction of sp³-hybridized carbons (Fsp3) is 0.667. The van der Waals surface area contributed by atoms with Crippen molar-refractivity contribution >= 4 is 17.7 Å². The van der Waals surface area contributed by atoms with Crippen LogP contribution in [0.15, 0.2) is 0 Å². The van der Waals surface area contributed by atoms with Crippen molar-refractivity contribution in [2.24, 2.45) is 0 Å². The van der Waals surface area contributed by atoms with E-state index in [9.17, 15) is 14.4 Å². The second kappa shape index (κ2) is 4.88. The lowest BCUT2D eigenvalue weighted by molar-refractivity contribution is -0.149. The predicted molar refractivity (Wildman–Crippen MR) is 50.8 cm³/mol. The van der Waals surface area contributed by atoms with Crippen LogP contribution in [0, 0.1) is 0 Å². The van der Waals surface area contributed by atoms with E-state index in [0.29, 0.717) is 6.42 Å². The zero-order chi connectivity index (χ0) is 11.4. The van der Waals surface area contributed by atoms with Crippen molar-refractivity contribution in [2.45, 2.75) is 18.9 Å². The number of piperidine rings is 1. The molecule has 0 spiro atoms. The van der Waals surface area contributed by atoms with Crippen molar-refractivity contribution in [1.29, 1.82) is 0 Å². The number of nitrogens with one attached hydrogen (secondary N) is 1. The zero-order valence-corrected chi connectivity index (χ0v) is 8.78. The largest absolute Gasteiger partial charge is 0.375 e. The van der Waals surface area contributed by atoms with Crippen molar-refractivity contribution in [1.82, 2.24) is 10.2 Å². The third-order valence-electron chi connectivity index (χ3n) is 2.26. The molecule has 1 unspecified atom stereocenters. The van der Waals surface area contributed by atoms with Crippen LogP contribution in [-0.2, 0) is 19.1 Å². The number of hydrogen-bond donors (Lipinski definition) is 1. The van der Waals surface area contributed by atoms with E-state index in [-0.39, 0.29) is 30.7 Å². The molecule has 0 bridgehead atoms. The van der Waals surface area contributed by atoms with Crippen LogP contribution in [0.5, 0.6) is 0 Å². The van der Waals surface area contributed by atoms with Gasteiger partial charge in [-0.25, -0.2) is 0 Å². The van der Waals surface area contributed by atoms with E-state index in [4.69, 9.17) is 0 Å². The fourth-order valence-corrected chi connectivity index (χ4v) is 1.42. The molecule has 0 aromatic heterocycles. The fourth-order valence-electron chi connectivity index (χ4n) is 1.42. The smallest absolute Gasteiger partial charge is 0.251 e. The molecular formula is C9H14N2O4. The molecule has 15 heavy (non-hydrogen) atoms. The number of carbonyl (C=O) groups excluding carboxylic acids is 3. The van der Waals surface area contributed by atoms with Gasteiger partial charge in [0.05, 0.1) is 0 Å². The summed E-state index contributed by atoms with van der Waals surface area (Å²) in [5.74, 6) is -0.924. The van der Waals surface area contributed by atoms with Crippen molar-refractivity contribution in [2.75, 3.05) is 20.8 Å². The quantitative estimate of drug-likeness (QED) is 0.605. The first-order valence-corrected chi connectivity index (χ1v) is 4.65. The molecule has 1 atom stereocenters. The lowest BCUT2D eigenvalue weighted by Crippen LogP contribution is -2.53. The highest BCUT2D eigenvalue weighted by Gasteiger charge is 2.32. The van der Waals surface area contributed by atoms with Gasteiger partial charge in [0, 0.05) is 20.6 Å². The summed E-state index contributed by atoms with van der Waals surface area (Å²) in [5, 5.41) is 2.51. The van der Waals surface area contributed by atoms with Crippen LogP contribution < -0.4 is 5.32 Å². The average molecular weight is 214 g/mol. The van der Waals surface area contributed by atoms with Gasteiger partial charge in [-0.05, 0) is 6.42 Å². The first kappa shape index (κ1) is 11.6. The maximum Gasteiger partial charge on any atom is 0.251 e. The standard InChI is InChI=1S/C9H14N2O4/c1-11-8(13)4-3-6(9(11)14)10-7(12)5-15-2/h6H,3-5H2,1-2H3,(H,10,12). The first-order valence-electron chi connectivity index (χ1n) is 4.65. The lowest BCUT2D eigenvalue weighted by atomic mass is 10.0. The van der Waals surface area contributed by atoms with E-state index in [1.807, 2.05) is 0 Å². The van der Waals surface area contributed by atoms with Crippen molar-refractivity contribution in [3.05, 3.63) is 0 Å². The molecule has 0 saturated carbocycles. The molecule has 1 heterocycles. The Hall–Kier alpha value is -1.43. The van der Waals surface area contributed by atoms with Gasteiger partial charge in [0.1, 0.15) is 12.6 Å². The Morgan fingerprint density at radius 2 is 2.27 bits per heavy atom. The van der Waals surface area contributed by atoms with Crippen LogP contribution in [0.25, 0.3) is 0 Å². The molecule has 0 aromatic rings. The molecule has 3 amide bonds. The molecule has 1 aliphatic rings. The highest BCUT2D eigenvalue weighted by molar-refractivity contribution is 6.01. The molecule has 84 valence electrons. The summed E-state index contributed by atoms with van der Waals surface area (Å²) >= 11 is 0. The minimum absolute atomic E-state index is 0.0819. The van der Waals surface area contributed by atoms with Crippen LogP contribution in [0.4, 0.5) is 0 Å². The van der Waals surface area contributed by atoms with Crippen molar-refractivity contribution in [3.8, 4) is 0 Å². The number of amides is 3. The average Bonchev–Trinajstić information content (AvgIpc) is 2.20. The molecule has 6 nitrogen and oxygen atoms in total. The van der Waals surface area contributed by atoms with Gasteiger partial charge in [0.25, 0.3) is 5.91 Å². The molecule has 0 aliphatic carbocycles. The maximum atomic E-state index is 11.5. The van der Waals surface area contributed by atoms with E-state index >= 15 is 0 Å². The van der Waals surface area contributed by atoms with E-state index in [0.717, 1.165) is 4.90 Å². The number of ether oxygens (including phenoxy) is 1. The van der Waals surface area contributed by atoms with Crippen LogP contribution in [0.2, 0.25) is 0 Å². The Morgan fingerprint density at radius 1 is 1.60 bits per heavy atom. The molecule has 1 N–H and O–H groups in total. The van der Waals surface area contributed by atoms with E-state index in [1.54, 1.807) is 0 Å². The van der Waals surface area contributed by atoms with Crippen LogP contribution in [0.3, 0.4) is 0 Å². The van der Waals surface area contributed by atoms with Gasteiger partial charge in [-0.3, -0.25) is 19.3 Å². The van der Waals surface area contributed by atoms with Gasteiger partial charge in [-0.1, -0.05) is 0 Å². The molecule has 0 aromatic carbocycles. The second-order valence-electron chi connectivity index (χ2n) is 3.38. The Balaban J connectivity index is 2.53. The summed E-state index contributed by atoms with van der Waals surface area (Å²) < 4.78 is 4.62. The number of hydrogen-bond acceptors (Lipinski definition) is 4. The Kier molecular flexibility index (Phi) is 3.79. The molecular weight excluding hydrogens is 200 g/mol. The highest BCUT2D eigenvalue weighted by Crippen LogP contribution is 2.11. The SMILES string of the molecule is COCC(=O)NC1CCC(=O)N(C)C1=O. The number of likely N-dealkylation sites (tertiary alicyclic amines) is 1. The second-order valence-corrected chi connectivity index (χ2v) is 3.38. The van der Waals surface area contributed by atoms with Gasteiger partial charge < -0.3 is 10.1 Å². The van der Waals surface area contributed by atoms with Gasteiger partial charge >= 0.3 is 0 Å². The number of imide groups is 1. The summed E-state index contributed by atoms with van der Waals surface area (Å²) in [6, 6.07) is -0.602. The third kappa shape index (κ3) is 2.76. The summed E-state index contributed by atoms with van der Waals surface area (Å²) in [4.78, 5) is 34.9. The number of likely N-dealkylation sites (N-methyl/N-ethyl adjacent to an activating group) is 1. The number of rotatable bonds is 3. The number of methoxy groups -OCH3 is 1. The first-order chi connectivity index (χ1) is 7.06. The van der Waals surface area contributed by atoms with E-state index < -0.39 is 6.04 Å². The van der Waals surface area contributed by atoms with Crippen LogP contribution >= 0.6 is 0 Å². The van der Waals surface area contributed by atoms with E-state index in [1.165, 1.54) is 14.2 Å². The molecule has 1 saturated heterocycles. The monoisotopic (exact) mass is 214 g/mol. The Morgan fingerprint density at radius 3 is 2.87 bits per heavy atom. The molecule has 6 heteroatoms. The summed E-state index contributed by atoms with van der Waals surface area (Å²) in [6.07, 6.45) is 0.637. The molecule has 0 radical (unpaired) electrons. The van der Waals surface area contributed by atoms with Crippen molar-refractivity contribution < 1.29 is 19.1 Å². The number of nitrogens with zero attached hydrogens (tertiary/aromatic N) is 1. The minimum atomic E-state index is -0.602. The van der Waals surface area contributed by atoms with Gasteiger partial charge in [-0.2, -0.15) is 0 Å².